The summed E-state index contributed by atoms with van der Waals surface area (Å²) in [6.45, 7) is 0. The first-order valence-corrected chi connectivity index (χ1v) is 15.4. The highest BCUT2D eigenvalue weighted by atomic mass is 14.9. The molecule has 0 fully saturated rings. The van der Waals surface area contributed by atoms with Gasteiger partial charge in [-0.15, -0.1) is 0 Å². The number of hydrogen-bond acceptors (Lipinski definition) is 3. The van der Waals surface area contributed by atoms with Crippen molar-refractivity contribution >= 4 is 10.8 Å². The first-order chi connectivity index (χ1) is 22.8. The van der Waals surface area contributed by atoms with Crippen molar-refractivity contribution in [3.8, 4) is 67.3 Å². The molecule has 0 N–H and O–H groups in total. The third-order valence-electron chi connectivity index (χ3n) is 8.39. The number of rotatable bonds is 6. The van der Waals surface area contributed by atoms with E-state index in [1.165, 1.54) is 21.9 Å². The van der Waals surface area contributed by atoms with E-state index in [1.807, 2.05) is 18.3 Å². The Morgan fingerprint density at radius 3 is 1.61 bits per heavy atom. The summed E-state index contributed by atoms with van der Waals surface area (Å²) in [6, 6.07) is 57.3. The minimum Gasteiger partial charge on any atom is -0.264 e. The van der Waals surface area contributed by atoms with Crippen molar-refractivity contribution in [3.63, 3.8) is 0 Å². The van der Waals surface area contributed by atoms with Gasteiger partial charge < -0.3 is 0 Å². The molecule has 3 nitrogen and oxygen atoms in total. The fourth-order valence-corrected chi connectivity index (χ4v) is 5.91. The van der Waals surface area contributed by atoms with Gasteiger partial charge in [0.1, 0.15) is 0 Å². The maximum atomic E-state index is 5.12. The quantitative estimate of drug-likeness (QED) is 0.194. The van der Waals surface area contributed by atoms with Crippen molar-refractivity contribution in [2.75, 3.05) is 0 Å². The largest absolute Gasteiger partial charge is 0.264 e. The Balaban J connectivity index is 1.20. The first-order valence-electron chi connectivity index (χ1n) is 15.4. The summed E-state index contributed by atoms with van der Waals surface area (Å²) in [6.07, 6.45) is 3.68. The fraction of sp³-hybridized carbons (Fsp3) is 0. The van der Waals surface area contributed by atoms with E-state index in [0.29, 0.717) is 5.82 Å². The van der Waals surface area contributed by atoms with Gasteiger partial charge in [0.25, 0.3) is 0 Å². The number of fused-ring (bicyclic) bond motifs is 1. The number of pyridine rings is 1. The molecule has 2 aromatic heterocycles. The van der Waals surface area contributed by atoms with Crippen LogP contribution in [0, 0.1) is 0 Å². The lowest BCUT2D eigenvalue weighted by molar-refractivity contribution is 1.18. The molecule has 6 aromatic carbocycles. The van der Waals surface area contributed by atoms with Crippen molar-refractivity contribution in [1.29, 1.82) is 0 Å². The second-order valence-corrected chi connectivity index (χ2v) is 11.4. The fourth-order valence-electron chi connectivity index (χ4n) is 5.91. The summed E-state index contributed by atoms with van der Waals surface area (Å²) in [4.78, 5) is 14.5. The van der Waals surface area contributed by atoms with Gasteiger partial charge in [0.2, 0.25) is 0 Å². The molecular weight excluding hydrogens is 558 g/mol. The van der Waals surface area contributed by atoms with E-state index < -0.39 is 0 Å². The van der Waals surface area contributed by atoms with Crippen LogP contribution in [0.4, 0.5) is 0 Å². The topological polar surface area (TPSA) is 38.7 Å². The van der Waals surface area contributed by atoms with Gasteiger partial charge in [-0.25, -0.2) is 9.97 Å². The van der Waals surface area contributed by atoms with Gasteiger partial charge in [0.15, 0.2) is 5.82 Å². The number of nitrogens with zero attached hydrogens (tertiary/aromatic N) is 3. The van der Waals surface area contributed by atoms with Crippen LogP contribution in [0.3, 0.4) is 0 Å². The van der Waals surface area contributed by atoms with Gasteiger partial charge in [-0.2, -0.15) is 0 Å². The average Bonchev–Trinajstić information content (AvgIpc) is 3.15. The van der Waals surface area contributed by atoms with Gasteiger partial charge in [0, 0.05) is 29.1 Å². The van der Waals surface area contributed by atoms with Crippen LogP contribution in [0.1, 0.15) is 0 Å². The SMILES string of the molecule is c1ccc(-c2cccc(-c3cc(-c4ccc(-c5cccnc5)cc4)nc(-c4ccc(-c5ccc6ccccc6c5)cc4)n3)c2)cc1. The minimum atomic E-state index is 0.694. The summed E-state index contributed by atoms with van der Waals surface area (Å²) in [5.74, 6) is 0.694. The molecule has 0 bridgehead atoms. The molecule has 0 saturated heterocycles. The minimum absolute atomic E-state index is 0.694. The van der Waals surface area contributed by atoms with Gasteiger partial charge in [-0.05, 0) is 68.4 Å². The molecule has 0 unspecified atom stereocenters. The smallest absolute Gasteiger partial charge is 0.160 e. The number of aromatic nitrogens is 3. The third kappa shape index (κ3) is 5.58. The lowest BCUT2D eigenvalue weighted by Crippen LogP contribution is -1.96. The normalized spacial score (nSPS) is 11.0. The Kier molecular flexibility index (Phi) is 7.18. The van der Waals surface area contributed by atoms with Crippen molar-refractivity contribution in [2.24, 2.45) is 0 Å². The molecule has 0 saturated carbocycles. The zero-order valence-electron chi connectivity index (χ0n) is 25.1. The Morgan fingerprint density at radius 1 is 0.304 bits per heavy atom. The molecule has 0 aliphatic carbocycles. The number of hydrogen-bond donors (Lipinski definition) is 0. The van der Waals surface area contributed by atoms with Crippen LogP contribution in [-0.4, -0.2) is 15.0 Å². The van der Waals surface area contributed by atoms with Gasteiger partial charge in [-0.1, -0.05) is 140 Å². The monoisotopic (exact) mass is 587 g/mol. The Bertz CT molecular complexity index is 2280. The van der Waals surface area contributed by atoms with Crippen LogP contribution < -0.4 is 0 Å². The van der Waals surface area contributed by atoms with Crippen LogP contribution in [0.2, 0.25) is 0 Å². The molecule has 0 atom stereocenters. The molecule has 0 aliphatic rings. The van der Waals surface area contributed by atoms with E-state index in [4.69, 9.17) is 9.97 Å². The highest BCUT2D eigenvalue weighted by Crippen LogP contribution is 2.32. The molecule has 46 heavy (non-hydrogen) atoms. The molecular formula is C43H29N3. The van der Waals surface area contributed by atoms with Gasteiger partial charge in [-0.3, -0.25) is 4.98 Å². The lowest BCUT2D eigenvalue weighted by atomic mass is 9.99. The molecule has 8 rings (SSSR count). The van der Waals surface area contributed by atoms with E-state index in [-0.39, 0.29) is 0 Å². The van der Waals surface area contributed by atoms with Crippen LogP contribution in [0.25, 0.3) is 78.1 Å². The van der Waals surface area contributed by atoms with E-state index in [2.05, 4.69) is 157 Å². The van der Waals surface area contributed by atoms with Crippen molar-refractivity contribution in [2.45, 2.75) is 0 Å². The van der Waals surface area contributed by atoms with E-state index in [1.54, 1.807) is 6.20 Å². The summed E-state index contributed by atoms with van der Waals surface area (Å²) >= 11 is 0. The predicted molar refractivity (Wildman–Crippen MR) is 190 cm³/mol. The van der Waals surface area contributed by atoms with E-state index in [0.717, 1.165) is 50.3 Å². The molecule has 3 heteroatoms. The maximum absolute atomic E-state index is 5.12. The molecule has 0 aliphatic heterocycles. The molecule has 0 amide bonds. The molecule has 0 spiro atoms. The summed E-state index contributed by atoms with van der Waals surface area (Å²) in [5, 5.41) is 2.47. The van der Waals surface area contributed by atoms with Gasteiger partial charge in [0.05, 0.1) is 11.4 Å². The highest BCUT2D eigenvalue weighted by Gasteiger charge is 2.13. The summed E-state index contributed by atoms with van der Waals surface area (Å²) < 4.78 is 0. The summed E-state index contributed by atoms with van der Waals surface area (Å²) in [7, 11) is 0. The molecule has 8 aromatic rings. The second kappa shape index (κ2) is 12.1. The highest BCUT2D eigenvalue weighted by molar-refractivity contribution is 5.87. The van der Waals surface area contributed by atoms with Crippen molar-refractivity contribution < 1.29 is 0 Å². The van der Waals surface area contributed by atoms with Gasteiger partial charge >= 0.3 is 0 Å². The average molecular weight is 588 g/mol. The van der Waals surface area contributed by atoms with Crippen LogP contribution >= 0.6 is 0 Å². The lowest BCUT2D eigenvalue weighted by Gasteiger charge is -2.12. The second-order valence-electron chi connectivity index (χ2n) is 11.4. The Morgan fingerprint density at radius 2 is 0.848 bits per heavy atom. The zero-order chi connectivity index (χ0) is 30.7. The molecule has 2 heterocycles. The predicted octanol–water partition coefficient (Wildman–Crippen LogP) is 11.0. The Hall–Kier alpha value is -6.19. The third-order valence-corrected chi connectivity index (χ3v) is 8.39. The van der Waals surface area contributed by atoms with Crippen molar-refractivity contribution in [3.05, 3.63) is 176 Å². The molecule has 0 radical (unpaired) electrons. The van der Waals surface area contributed by atoms with Crippen LogP contribution in [-0.2, 0) is 0 Å². The summed E-state index contributed by atoms with van der Waals surface area (Å²) in [5.41, 5.74) is 11.7. The van der Waals surface area contributed by atoms with Crippen LogP contribution in [0.15, 0.2) is 176 Å². The molecule has 216 valence electrons. The maximum Gasteiger partial charge on any atom is 0.160 e. The first kappa shape index (κ1) is 27.4. The van der Waals surface area contributed by atoms with Crippen molar-refractivity contribution in [1.82, 2.24) is 15.0 Å². The van der Waals surface area contributed by atoms with Crippen LogP contribution in [0.5, 0.6) is 0 Å². The van der Waals surface area contributed by atoms with E-state index >= 15 is 0 Å². The standard InChI is InChI=1S/C43H29N3/c1-2-8-30(9-3-1)37-12-6-13-39(27-37)42-28-41(34-20-15-33(16-21-34)40-14-7-25-44-29-40)45-43(46-42)35-22-17-32(18-23-35)38-24-19-31-10-4-5-11-36(31)26-38/h1-29H. The Labute approximate surface area is 268 Å². The van der Waals surface area contributed by atoms with E-state index in [9.17, 15) is 0 Å². The number of benzene rings is 6. The zero-order valence-corrected chi connectivity index (χ0v) is 25.1.